The van der Waals surface area contributed by atoms with Crippen molar-refractivity contribution in [3.8, 4) is 5.75 Å². The van der Waals surface area contributed by atoms with Crippen molar-refractivity contribution >= 4 is 47.2 Å². The van der Waals surface area contributed by atoms with E-state index in [-0.39, 0.29) is 36.7 Å². The average Bonchev–Trinajstić information content (AvgIpc) is 3.34. The number of amides is 3. The monoisotopic (exact) mass is 583 g/mol. The highest BCUT2D eigenvalue weighted by Crippen LogP contribution is 2.20. The van der Waals surface area contributed by atoms with Crippen LogP contribution >= 0.6 is 12.6 Å². The van der Waals surface area contributed by atoms with Crippen LogP contribution in [0.3, 0.4) is 0 Å². The van der Waals surface area contributed by atoms with Crippen LogP contribution in [0.25, 0.3) is 10.9 Å². The van der Waals surface area contributed by atoms with E-state index in [1.54, 1.807) is 18.3 Å². The van der Waals surface area contributed by atoms with Gasteiger partial charge in [-0.15, -0.1) is 0 Å². The first-order valence-corrected chi connectivity index (χ1v) is 13.9. The van der Waals surface area contributed by atoms with Gasteiger partial charge in [-0.25, -0.2) is 4.79 Å². The van der Waals surface area contributed by atoms with Crippen LogP contribution in [-0.4, -0.2) is 68.8 Å². The maximum absolute atomic E-state index is 13.6. The number of phenolic OH excluding ortho intramolecular Hbond substituents is 1. The minimum atomic E-state index is -1.24. The molecule has 0 saturated heterocycles. The molecule has 0 saturated carbocycles. The highest BCUT2D eigenvalue weighted by molar-refractivity contribution is 7.80. The maximum Gasteiger partial charge on any atom is 0.327 e. The molecule has 1 aromatic heterocycles. The summed E-state index contributed by atoms with van der Waals surface area (Å²) in [5, 5.41) is 27.6. The summed E-state index contributed by atoms with van der Waals surface area (Å²) in [5.41, 5.74) is 8.54. The second-order valence-corrected chi connectivity index (χ2v) is 10.7. The maximum atomic E-state index is 13.6. The Kier molecular flexibility index (Phi) is 11.2. The fraction of sp³-hybridized carbons (Fsp3) is 0.379. The van der Waals surface area contributed by atoms with Crippen LogP contribution in [0.4, 0.5) is 0 Å². The second kappa shape index (κ2) is 14.6. The number of H-pyrrole nitrogens is 1. The van der Waals surface area contributed by atoms with Crippen molar-refractivity contribution < 1.29 is 29.4 Å². The highest BCUT2D eigenvalue weighted by Gasteiger charge is 2.31. The molecule has 4 atom stereocenters. The van der Waals surface area contributed by atoms with Crippen molar-refractivity contribution in [3.05, 3.63) is 65.9 Å². The number of aromatic nitrogens is 1. The number of carbonyl (C=O) groups is 4. The van der Waals surface area contributed by atoms with E-state index in [1.165, 1.54) is 12.1 Å². The summed E-state index contributed by atoms with van der Waals surface area (Å²) in [4.78, 5) is 54.4. The predicted molar refractivity (Wildman–Crippen MR) is 159 cm³/mol. The molecule has 0 aliphatic carbocycles. The van der Waals surface area contributed by atoms with Crippen molar-refractivity contribution in [2.75, 3.05) is 5.75 Å². The van der Waals surface area contributed by atoms with E-state index in [2.05, 4.69) is 33.6 Å². The molecule has 1 heterocycles. The van der Waals surface area contributed by atoms with Gasteiger partial charge in [0.15, 0.2) is 0 Å². The average molecular weight is 584 g/mol. The van der Waals surface area contributed by atoms with Gasteiger partial charge in [0.1, 0.15) is 23.9 Å². The molecule has 11 nitrogen and oxygen atoms in total. The van der Waals surface area contributed by atoms with Gasteiger partial charge in [-0.05, 0) is 48.1 Å². The number of carbonyl (C=O) groups excluding carboxylic acids is 3. The first-order chi connectivity index (χ1) is 19.5. The number of rotatable bonds is 14. The van der Waals surface area contributed by atoms with E-state index in [1.807, 2.05) is 38.1 Å². The molecule has 0 aliphatic rings. The van der Waals surface area contributed by atoms with Crippen LogP contribution in [0.5, 0.6) is 5.75 Å². The Labute approximate surface area is 243 Å². The highest BCUT2D eigenvalue weighted by atomic mass is 32.1. The zero-order chi connectivity index (χ0) is 30.1. The molecular formula is C29H37N5O6S. The molecule has 41 heavy (non-hydrogen) atoms. The first-order valence-electron chi connectivity index (χ1n) is 13.3. The Bertz CT molecular complexity index is 1360. The Morgan fingerprint density at radius 1 is 0.878 bits per heavy atom. The Balaban J connectivity index is 1.83. The zero-order valence-corrected chi connectivity index (χ0v) is 23.9. The number of carboxylic acid groups (broad SMARTS) is 1. The van der Waals surface area contributed by atoms with Gasteiger partial charge < -0.3 is 36.9 Å². The standard InChI is InChI=1S/C29H37N5O6S/c1-16(2)11-23(27(37)34-25(15-41)29(39)40)33-28(38)24(13-18-14-31-22-6-4-3-5-20(18)22)32-26(36)21(30)12-17-7-9-19(35)10-8-17/h3-10,14,16,21,23-25,31,35,41H,11-13,15,30H2,1-2H3,(H,32,36)(H,33,38)(H,34,37)(H,39,40). The molecule has 0 fully saturated rings. The van der Waals surface area contributed by atoms with E-state index < -0.39 is 47.9 Å². The lowest BCUT2D eigenvalue weighted by atomic mass is 10.00. The quantitative estimate of drug-likeness (QED) is 0.132. The lowest BCUT2D eigenvalue weighted by Crippen LogP contribution is -2.58. The molecule has 2 aromatic carbocycles. The summed E-state index contributed by atoms with van der Waals surface area (Å²) in [7, 11) is 0. The van der Waals surface area contributed by atoms with Crippen LogP contribution in [0.2, 0.25) is 0 Å². The number of nitrogens with two attached hydrogens (primary N) is 1. The summed E-state index contributed by atoms with van der Waals surface area (Å²) < 4.78 is 0. The Morgan fingerprint density at radius 3 is 2.12 bits per heavy atom. The summed E-state index contributed by atoms with van der Waals surface area (Å²) in [6.07, 6.45) is 2.28. The van der Waals surface area contributed by atoms with E-state index >= 15 is 0 Å². The van der Waals surface area contributed by atoms with Gasteiger partial charge in [-0.2, -0.15) is 12.6 Å². The van der Waals surface area contributed by atoms with Crippen molar-refractivity contribution in [1.29, 1.82) is 0 Å². The van der Waals surface area contributed by atoms with Crippen molar-refractivity contribution in [1.82, 2.24) is 20.9 Å². The van der Waals surface area contributed by atoms with Gasteiger partial charge in [0.05, 0.1) is 6.04 Å². The number of aromatic amines is 1. The number of hydrogen-bond donors (Lipinski definition) is 8. The molecule has 12 heteroatoms. The smallest absolute Gasteiger partial charge is 0.327 e. The fourth-order valence-electron chi connectivity index (χ4n) is 4.42. The number of fused-ring (bicyclic) bond motifs is 1. The largest absolute Gasteiger partial charge is 0.508 e. The summed E-state index contributed by atoms with van der Waals surface area (Å²) in [6.45, 7) is 3.74. The van der Waals surface area contributed by atoms with Gasteiger partial charge in [0.25, 0.3) is 0 Å². The zero-order valence-electron chi connectivity index (χ0n) is 23.0. The van der Waals surface area contributed by atoms with Gasteiger partial charge >= 0.3 is 5.97 Å². The van der Waals surface area contributed by atoms with E-state index in [9.17, 15) is 29.4 Å². The van der Waals surface area contributed by atoms with Crippen molar-refractivity contribution in [2.24, 2.45) is 11.7 Å². The molecule has 3 amide bonds. The summed E-state index contributed by atoms with van der Waals surface area (Å²) in [6, 6.07) is 9.49. The van der Waals surface area contributed by atoms with Gasteiger partial charge in [0.2, 0.25) is 17.7 Å². The van der Waals surface area contributed by atoms with E-state index in [0.29, 0.717) is 0 Å². The molecule has 4 unspecified atom stereocenters. The topological polar surface area (TPSA) is 187 Å². The summed E-state index contributed by atoms with van der Waals surface area (Å²) >= 11 is 3.99. The number of para-hydroxylation sites is 1. The predicted octanol–water partition coefficient (Wildman–Crippen LogP) is 1.50. The number of carboxylic acids is 1. The second-order valence-electron chi connectivity index (χ2n) is 10.4. The third kappa shape index (κ3) is 8.98. The number of phenols is 1. The number of aliphatic carboxylic acids is 1. The number of hydrogen-bond acceptors (Lipinski definition) is 7. The minimum Gasteiger partial charge on any atom is -0.508 e. The SMILES string of the molecule is CC(C)CC(NC(=O)C(Cc1c[nH]c2ccccc12)NC(=O)C(N)Cc1ccc(O)cc1)C(=O)NC(CS)C(=O)O. The van der Waals surface area contributed by atoms with E-state index in [0.717, 1.165) is 22.0 Å². The number of benzene rings is 2. The number of aromatic hydroxyl groups is 1. The third-order valence-corrected chi connectivity index (χ3v) is 6.96. The van der Waals surface area contributed by atoms with Gasteiger partial charge in [0, 0.05) is 29.3 Å². The van der Waals surface area contributed by atoms with Gasteiger partial charge in [-0.3, -0.25) is 14.4 Å². The molecule has 3 aromatic rings. The van der Waals surface area contributed by atoms with Crippen LogP contribution in [0.15, 0.2) is 54.7 Å². The Hall–Kier alpha value is -4.03. The van der Waals surface area contributed by atoms with Crippen molar-refractivity contribution in [2.45, 2.75) is 57.3 Å². The summed E-state index contributed by atoms with van der Waals surface area (Å²) in [5.74, 6) is -3.12. The molecular weight excluding hydrogens is 546 g/mol. The molecule has 3 rings (SSSR count). The van der Waals surface area contributed by atoms with Crippen LogP contribution < -0.4 is 21.7 Å². The minimum absolute atomic E-state index is 0.00859. The van der Waals surface area contributed by atoms with Gasteiger partial charge in [-0.1, -0.05) is 44.2 Å². The third-order valence-electron chi connectivity index (χ3n) is 6.60. The molecule has 0 radical (unpaired) electrons. The molecule has 0 bridgehead atoms. The van der Waals surface area contributed by atoms with Crippen LogP contribution in [-0.2, 0) is 32.0 Å². The number of thiol groups is 1. The number of nitrogens with one attached hydrogen (secondary N) is 4. The molecule has 0 aliphatic heterocycles. The normalized spacial score (nSPS) is 14.2. The van der Waals surface area contributed by atoms with E-state index in [4.69, 9.17) is 5.73 Å². The lowest BCUT2D eigenvalue weighted by molar-refractivity contribution is -0.141. The fourth-order valence-corrected chi connectivity index (χ4v) is 4.67. The van der Waals surface area contributed by atoms with Crippen LogP contribution in [0.1, 0.15) is 31.4 Å². The Morgan fingerprint density at radius 2 is 1.49 bits per heavy atom. The molecule has 220 valence electrons. The first kappa shape index (κ1) is 31.5. The molecule has 8 N–H and O–H groups in total. The lowest BCUT2D eigenvalue weighted by Gasteiger charge is -2.26. The molecule has 0 spiro atoms. The van der Waals surface area contributed by atoms with Crippen molar-refractivity contribution in [3.63, 3.8) is 0 Å². The van der Waals surface area contributed by atoms with Crippen LogP contribution in [0, 0.1) is 5.92 Å².